The van der Waals surface area contributed by atoms with Gasteiger partial charge in [-0.15, -0.1) is 0 Å². The molecule has 0 bridgehead atoms. The summed E-state index contributed by atoms with van der Waals surface area (Å²) in [7, 11) is 0. The van der Waals surface area contributed by atoms with Gasteiger partial charge in [0, 0.05) is 0 Å². The number of hydrogen-bond donors (Lipinski definition) is 0. The molecule has 0 saturated carbocycles. The summed E-state index contributed by atoms with van der Waals surface area (Å²) in [6.45, 7) is 4.52. The molecule has 2 aromatic carbocycles. The minimum atomic E-state index is 0.652. The molecule has 28 heavy (non-hydrogen) atoms. The van der Waals surface area contributed by atoms with E-state index in [1.165, 1.54) is 38.6 Å². The average Bonchev–Trinajstić information content (AvgIpc) is 2.99. The lowest BCUT2D eigenvalue weighted by molar-refractivity contribution is 0.669. The normalized spacial score (nSPS) is 18.4. The van der Waals surface area contributed by atoms with Gasteiger partial charge < -0.3 is 0 Å². The highest BCUT2D eigenvalue weighted by atomic mass is 14.2. The van der Waals surface area contributed by atoms with E-state index in [1.54, 1.807) is 0 Å². The van der Waals surface area contributed by atoms with Crippen LogP contribution in [0, 0.1) is 19.8 Å². The van der Waals surface area contributed by atoms with Crippen LogP contribution in [0.1, 0.15) is 40.7 Å². The molecule has 0 aromatic heterocycles. The van der Waals surface area contributed by atoms with Crippen molar-refractivity contribution in [3.05, 3.63) is 107 Å². The Hall–Kier alpha value is -2.86. The Morgan fingerprint density at radius 3 is 2.68 bits per heavy atom. The molecule has 0 amide bonds. The number of allylic oxidation sites excluding steroid dienone is 10. The van der Waals surface area contributed by atoms with Gasteiger partial charge in [-0.2, -0.15) is 0 Å². The highest BCUT2D eigenvalue weighted by Crippen LogP contribution is 2.33. The molecular formula is C28H28. The average molecular weight is 365 g/mol. The molecule has 2 aliphatic carbocycles. The van der Waals surface area contributed by atoms with Crippen LogP contribution < -0.4 is 0 Å². The topological polar surface area (TPSA) is 0 Å². The first-order chi connectivity index (χ1) is 13.7. The lowest BCUT2D eigenvalue weighted by atomic mass is 9.88. The van der Waals surface area contributed by atoms with Gasteiger partial charge in [0.15, 0.2) is 0 Å². The molecular weight excluding hydrogens is 336 g/mol. The molecule has 0 radical (unpaired) electrons. The summed E-state index contributed by atoms with van der Waals surface area (Å²) in [6, 6.07) is 6.86. The molecule has 2 aliphatic rings. The second-order valence-electron chi connectivity index (χ2n) is 7.77. The van der Waals surface area contributed by atoms with Crippen LogP contribution in [0.3, 0.4) is 0 Å². The molecule has 4 rings (SSSR count). The Balaban J connectivity index is 1.57. The van der Waals surface area contributed by atoms with E-state index in [9.17, 15) is 0 Å². The fraction of sp³-hybridized carbons (Fsp3) is 0.214. The summed E-state index contributed by atoms with van der Waals surface area (Å²) in [5.41, 5.74) is 6.92. The smallest absolute Gasteiger partial charge is 0.00854 e. The molecule has 1 atom stereocenters. The van der Waals surface area contributed by atoms with E-state index in [4.69, 9.17) is 0 Å². The zero-order chi connectivity index (χ0) is 19.3. The largest absolute Gasteiger partial charge is 0.0840 e. The van der Waals surface area contributed by atoms with Gasteiger partial charge in [0.2, 0.25) is 0 Å². The van der Waals surface area contributed by atoms with Gasteiger partial charge in [0.25, 0.3) is 0 Å². The molecule has 0 saturated heterocycles. The minimum absolute atomic E-state index is 0.652. The molecule has 0 heterocycles. The lowest BCUT2D eigenvalue weighted by Gasteiger charge is -2.16. The third-order valence-electron chi connectivity index (χ3n) is 5.91. The van der Waals surface area contributed by atoms with Crippen molar-refractivity contribution >= 4 is 22.9 Å². The van der Waals surface area contributed by atoms with Crippen LogP contribution >= 0.6 is 0 Å². The number of fused-ring (bicyclic) bond motifs is 2. The van der Waals surface area contributed by atoms with E-state index in [-0.39, 0.29) is 0 Å². The summed E-state index contributed by atoms with van der Waals surface area (Å²) in [5, 5.41) is 2.75. The fourth-order valence-corrected chi connectivity index (χ4v) is 4.25. The van der Waals surface area contributed by atoms with Crippen molar-refractivity contribution in [2.24, 2.45) is 5.92 Å². The Labute approximate surface area is 169 Å². The number of aryl methyl sites for hydroxylation is 2. The van der Waals surface area contributed by atoms with Crippen LogP contribution in [0.25, 0.3) is 22.9 Å². The summed E-state index contributed by atoms with van der Waals surface area (Å²) in [6.07, 6.45) is 29.8. The van der Waals surface area contributed by atoms with E-state index in [2.05, 4.69) is 105 Å². The maximum Gasteiger partial charge on any atom is -0.00854 e. The van der Waals surface area contributed by atoms with Crippen molar-refractivity contribution in [3.63, 3.8) is 0 Å². The maximum atomic E-state index is 2.34. The van der Waals surface area contributed by atoms with E-state index >= 15 is 0 Å². The van der Waals surface area contributed by atoms with Crippen LogP contribution in [0.15, 0.2) is 79.0 Å². The summed E-state index contributed by atoms with van der Waals surface area (Å²) in [5.74, 6) is 0.652. The fourth-order valence-electron chi connectivity index (χ4n) is 4.25. The third kappa shape index (κ3) is 3.87. The van der Waals surface area contributed by atoms with Gasteiger partial charge in [-0.05, 0) is 83.7 Å². The van der Waals surface area contributed by atoms with Gasteiger partial charge in [-0.25, -0.2) is 0 Å². The van der Waals surface area contributed by atoms with Crippen molar-refractivity contribution in [3.8, 4) is 0 Å². The summed E-state index contributed by atoms with van der Waals surface area (Å²) >= 11 is 0. The van der Waals surface area contributed by atoms with Crippen molar-refractivity contribution in [1.82, 2.24) is 0 Å². The second-order valence-corrected chi connectivity index (χ2v) is 7.77. The van der Waals surface area contributed by atoms with Gasteiger partial charge in [0.05, 0.1) is 0 Å². The van der Waals surface area contributed by atoms with Gasteiger partial charge in [-0.1, -0.05) is 85.0 Å². The highest BCUT2D eigenvalue weighted by molar-refractivity contribution is 5.94. The second kappa shape index (κ2) is 8.44. The quantitative estimate of drug-likeness (QED) is 0.488. The molecule has 1 unspecified atom stereocenters. The van der Waals surface area contributed by atoms with Crippen LogP contribution in [-0.4, -0.2) is 0 Å². The Morgan fingerprint density at radius 1 is 0.929 bits per heavy atom. The Kier molecular flexibility index (Phi) is 5.58. The van der Waals surface area contributed by atoms with Crippen molar-refractivity contribution in [2.75, 3.05) is 0 Å². The lowest BCUT2D eigenvalue weighted by Crippen LogP contribution is -1.97. The Morgan fingerprint density at radius 2 is 1.82 bits per heavy atom. The van der Waals surface area contributed by atoms with Crippen LogP contribution in [-0.2, 0) is 6.42 Å². The van der Waals surface area contributed by atoms with E-state index in [1.807, 2.05) is 0 Å². The standard InChI is InChI=1S/C28H28/c1-21-25-16-10-5-11-17-26(25)22(2)28-20-24(18-19-27(21)28)15-9-4-8-14-23-12-6-3-7-13-23/h3-12,15-16,18-20,23H,13-14,17H2,1-2H3/b8-4+,15-9+. The first-order valence-corrected chi connectivity index (χ1v) is 10.3. The zero-order valence-electron chi connectivity index (χ0n) is 16.9. The van der Waals surface area contributed by atoms with Gasteiger partial charge in [0.1, 0.15) is 0 Å². The zero-order valence-corrected chi connectivity index (χ0v) is 16.9. The van der Waals surface area contributed by atoms with E-state index in [0.29, 0.717) is 5.92 Å². The summed E-state index contributed by atoms with van der Waals surface area (Å²) < 4.78 is 0. The first kappa shape index (κ1) is 18.5. The van der Waals surface area contributed by atoms with E-state index < -0.39 is 0 Å². The molecule has 0 spiro atoms. The molecule has 0 fully saturated rings. The highest BCUT2D eigenvalue weighted by Gasteiger charge is 2.13. The van der Waals surface area contributed by atoms with Gasteiger partial charge in [-0.3, -0.25) is 0 Å². The molecule has 0 heteroatoms. The monoisotopic (exact) mass is 364 g/mol. The predicted molar refractivity (Wildman–Crippen MR) is 124 cm³/mol. The molecule has 0 N–H and O–H groups in total. The third-order valence-corrected chi connectivity index (χ3v) is 5.91. The molecule has 140 valence electrons. The van der Waals surface area contributed by atoms with Crippen molar-refractivity contribution in [1.29, 1.82) is 0 Å². The van der Waals surface area contributed by atoms with Crippen LogP contribution in [0.4, 0.5) is 0 Å². The predicted octanol–water partition coefficient (Wildman–Crippen LogP) is 7.67. The minimum Gasteiger partial charge on any atom is -0.0840 e. The van der Waals surface area contributed by atoms with Crippen molar-refractivity contribution < 1.29 is 0 Å². The molecule has 0 nitrogen and oxygen atoms in total. The molecule has 0 aliphatic heterocycles. The Bertz CT molecular complexity index is 1050. The van der Waals surface area contributed by atoms with Crippen LogP contribution in [0.2, 0.25) is 0 Å². The van der Waals surface area contributed by atoms with Crippen LogP contribution in [0.5, 0.6) is 0 Å². The number of benzene rings is 2. The molecule has 2 aromatic rings. The first-order valence-electron chi connectivity index (χ1n) is 10.3. The number of rotatable bonds is 4. The summed E-state index contributed by atoms with van der Waals surface area (Å²) in [4.78, 5) is 0. The van der Waals surface area contributed by atoms with E-state index in [0.717, 1.165) is 19.3 Å². The van der Waals surface area contributed by atoms with Crippen molar-refractivity contribution in [2.45, 2.75) is 33.1 Å². The van der Waals surface area contributed by atoms with Gasteiger partial charge >= 0.3 is 0 Å². The number of hydrogen-bond acceptors (Lipinski definition) is 0. The SMILES string of the molecule is Cc1c2c(c(C)c3cc(/C=C/C=C/CC4C=CC=CC4)ccc13)CC=CC=C2. The maximum absolute atomic E-state index is 2.34.